The summed E-state index contributed by atoms with van der Waals surface area (Å²) < 4.78 is 19.1. The van der Waals surface area contributed by atoms with Gasteiger partial charge in [-0.25, -0.2) is 4.39 Å². The molecule has 0 amide bonds. The monoisotopic (exact) mass is 330 g/mol. The maximum atomic E-state index is 12.9. The van der Waals surface area contributed by atoms with E-state index in [1.165, 1.54) is 12.1 Å². The van der Waals surface area contributed by atoms with Crippen LogP contribution in [0.3, 0.4) is 0 Å². The van der Waals surface area contributed by atoms with E-state index in [0.29, 0.717) is 0 Å². The lowest BCUT2D eigenvalue weighted by Gasteiger charge is -2.26. The van der Waals surface area contributed by atoms with Gasteiger partial charge in [-0.15, -0.1) is 0 Å². The van der Waals surface area contributed by atoms with Gasteiger partial charge < -0.3 is 10.1 Å². The van der Waals surface area contributed by atoms with Crippen molar-refractivity contribution >= 4 is 15.9 Å². The van der Waals surface area contributed by atoms with Gasteiger partial charge in [0.1, 0.15) is 5.82 Å². The van der Waals surface area contributed by atoms with Gasteiger partial charge in [0.2, 0.25) is 0 Å². The van der Waals surface area contributed by atoms with Crippen LogP contribution in [0.4, 0.5) is 4.39 Å². The van der Waals surface area contributed by atoms with Crippen molar-refractivity contribution in [1.82, 2.24) is 10.2 Å². The number of ether oxygens (including phenoxy) is 1. The minimum atomic E-state index is -0.206. The van der Waals surface area contributed by atoms with Crippen molar-refractivity contribution in [3.63, 3.8) is 0 Å². The molecular formula is C14H20BrFN2O. The third kappa shape index (κ3) is 5.18. The van der Waals surface area contributed by atoms with Gasteiger partial charge in [-0.05, 0) is 37.2 Å². The molecule has 3 nitrogen and oxygen atoms in total. The van der Waals surface area contributed by atoms with Crippen LogP contribution in [0.15, 0.2) is 22.7 Å². The molecule has 0 atom stereocenters. The second-order valence-corrected chi connectivity index (χ2v) is 5.57. The Morgan fingerprint density at radius 2 is 2.11 bits per heavy atom. The van der Waals surface area contributed by atoms with Gasteiger partial charge in [-0.3, -0.25) is 4.90 Å². The second-order valence-electron chi connectivity index (χ2n) is 4.72. The van der Waals surface area contributed by atoms with Gasteiger partial charge in [-0.1, -0.05) is 22.0 Å². The molecule has 0 spiro atoms. The number of hydrogen-bond donors (Lipinski definition) is 1. The minimum absolute atomic E-state index is 0.206. The molecule has 1 heterocycles. The molecule has 106 valence electrons. The first-order valence-corrected chi connectivity index (χ1v) is 7.50. The van der Waals surface area contributed by atoms with Crippen molar-refractivity contribution in [3.8, 4) is 0 Å². The van der Waals surface area contributed by atoms with Crippen molar-refractivity contribution in [1.29, 1.82) is 0 Å². The van der Waals surface area contributed by atoms with E-state index in [4.69, 9.17) is 4.74 Å². The van der Waals surface area contributed by atoms with E-state index >= 15 is 0 Å². The predicted molar refractivity (Wildman–Crippen MR) is 77.7 cm³/mol. The quantitative estimate of drug-likeness (QED) is 0.810. The zero-order valence-electron chi connectivity index (χ0n) is 11.0. The lowest BCUT2D eigenvalue weighted by atomic mass is 10.2. The largest absolute Gasteiger partial charge is 0.379 e. The first-order chi connectivity index (χ1) is 9.25. The van der Waals surface area contributed by atoms with Crippen LogP contribution in [0.5, 0.6) is 0 Å². The van der Waals surface area contributed by atoms with E-state index in [2.05, 4.69) is 26.1 Å². The summed E-state index contributed by atoms with van der Waals surface area (Å²) in [6, 6.07) is 4.81. The van der Waals surface area contributed by atoms with Crippen molar-refractivity contribution in [2.24, 2.45) is 0 Å². The maximum Gasteiger partial charge on any atom is 0.124 e. The molecule has 1 N–H and O–H groups in total. The third-order valence-corrected chi connectivity index (χ3v) is 4.00. The molecule has 5 heteroatoms. The van der Waals surface area contributed by atoms with Gasteiger partial charge >= 0.3 is 0 Å². The number of morpholine rings is 1. The molecule has 0 unspecified atom stereocenters. The maximum absolute atomic E-state index is 12.9. The van der Waals surface area contributed by atoms with E-state index in [0.717, 1.165) is 62.4 Å². The molecule has 0 aromatic heterocycles. The molecule has 0 aliphatic carbocycles. The summed E-state index contributed by atoms with van der Waals surface area (Å²) in [7, 11) is 0. The van der Waals surface area contributed by atoms with Crippen molar-refractivity contribution < 1.29 is 9.13 Å². The molecule has 1 saturated heterocycles. The molecular weight excluding hydrogens is 311 g/mol. The highest BCUT2D eigenvalue weighted by atomic mass is 79.9. The Morgan fingerprint density at radius 3 is 2.84 bits per heavy atom. The van der Waals surface area contributed by atoms with Crippen LogP contribution in [-0.2, 0) is 11.3 Å². The summed E-state index contributed by atoms with van der Waals surface area (Å²) in [5.74, 6) is -0.206. The standard InChI is InChI=1S/C14H20BrFN2O/c15-14-10-13(16)3-2-12(14)11-17-4-1-5-18-6-8-19-9-7-18/h2-3,10,17H,1,4-9,11H2. The molecule has 1 aromatic carbocycles. The molecule has 0 bridgehead atoms. The molecule has 0 radical (unpaired) electrons. The third-order valence-electron chi connectivity index (χ3n) is 3.26. The van der Waals surface area contributed by atoms with E-state index in [1.54, 1.807) is 0 Å². The average Bonchev–Trinajstić information content (AvgIpc) is 2.42. The predicted octanol–water partition coefficient (Wildman–Crippen LogP) is 2.40. The SMILES string of the molecule is Fc1ccc(CNCCCN2CCOCC2)c(Br)c1. The number of halogens is 2. The fourth-order valence-electron chi connectivity index (χ4n) is 2.14. The number of hydrogen-bond acceptors (Lipinski definition) is 3. The normalized spacial score (nSPS) is 16.7. The lowest BCUT2D eigenvalue weighted by molar-refractivity contribution is 0.0374. The van der Waals surface area contributed by atoms with Gasteiger partial charge in [0.25, 0.3) is 0 Å². The lowest BCUT2D eigenvalue weighted by Crippen LogP contribution is -2.37. The number of benzene rings is 1. The van der Waals surface area contributed by atoms with Crippen LogP contribution >= 0.6 is 15.9 Å². The van der Waals surface area contributed by atoms with Crippen LogP contribution in [0.2, 0.25) is 0 Å². The van der Waals surface area contributed by atoms with Crippen LogP contribution in [0.25, 0.3) is 0 Å². The summed E-state index contributed by atoms with van der Waals surface area (Å²) in [4.78, 5) is 2.43. The van der Waals surface area contributed by atoms with Crippen molar-refractivity contribution in [2.75, 3.05) is 39.4 Å². The Morgan fingerprint density at radius 1 is 1.32 bits per heavy atom. The van der Waals surface area contributed by atoms with Crippen molar-refractivity contribution in [2.45, 2.75) is 13.0 Å². The Kier molecular flexibility index (Phi) is 6.23. The molecule has 2 rings (SSSR count). The molecule has 1 fully saturated rings. The summed E-state index contributed by atoms with van der Waals surface area (Å²) >= 11 is 3.38. The van der Waals surface area contributed by atoms with Crippen LogP contribution < -0.4 is 5.32 Å². The minimum Gasteiger partial charge on any atom is -0.379 e. The highest BCUT2D eigenvalue weighted by molar-refractivity contribution is 9.10. The summed E-state index contributed by atoms with van der Waals surface area (Å²) in [5, 5.41) is 3.39. The van der Waals surface area contributed by atoms with Gasteiger partial charge in [0, 0.05) is 24.1 Å². The molecule has 1 aliphatic heterocycles. The van der Waals surface area contributed by atoms with Crippen LogP contribution in [0, 0.1) is 5.82 Å². The number of nitrogens with zero attached hydrogens (tertiary/aromatic N) is 1. The molecule has 1 aromatic rings. The van der Waals surface area contributed by atoms with Crippen LogP contribution in [-0.4, -0.2) is 44.3 Å². The molecule has 19 heavy (non-hydrogen) atoms. The van der Waals surface area contributed by atoms with Gasteiger partial charge in [0.15, 0.2) is 0 Å². The first-order valence-electron chi connectivity index (χ1n) is 6.70. The smallest absolute Gasteiger partial charge is 0.124 e. The Labute approximate surface area is 122 Å². The Bertz CT molecular complexity index is 397. The summed E-state index contributed by atoms with van der Waals surface area (Å²) in [6.07, 6.45) is 1.12. The van der Waals surface area contributed by atoms with E-state index in [-0.39, 0.29) is 5.82 Å². The Balaban J connectivity index is 1.61. The van der Waals surface area contributed by atoms with Gasteiger partial charge in [-0.2, -0.15) is 0 Å². The highest BCUT2D eigenvalue weighted by Crippen LogP contribution is 2.17. The molecule has 0 saturated carbocycles. The summed E-state index contributed by atoms with van der Waals surface area (Å²) in [5.41, 5.74) is 1.09. The topological polar surface area (TPSA) is 24.5 Å². The zero-order valence-corrected chi connectivity index (χ0v) is 12.6. The Hall–Kier alpha value is -0.490. The van der Waals surface area contributed by atoms with Crippen molar-refractivity contribution in [3.05, 3.63) is 34.1 Å². The van der Waals surface area contributed by atoms with E-state index < -0.39 is 0 Å². The fraction of sp³-hybridized carbons (Fsp3) is 0.571. The van der Waals surface area contributed by atoms with E-state index in [1.807, 2.05) is 6.07 Å². The number of rotatable bonds is 6. The molecule has 1 aliphatic rings. The second kappa shape index (κ2) is 7.94. The number of nitrogens with one attached hydrogen (secondary N) is 1. The summed E-state index contributed by atoms with van der Waals surface area (Å²) in [6.45, 7) is 6.66. The van der Waals surface area contributed by atoms with Gasteiger partial charge in [0.05, 0.1) is 13.2 Å². The first kappa shape index (κ1) is 14.9. The highest BCUT2D eigenvalue weighted by Gasteiger charge is 2.09. The average molecular weight is 331 g/mol. The van der Waals surface area contributed by atoms with Crippen LogP contribution in [0.1, 0.15) is 12.0 Å². The fourth-order valence-corrected chi connectivity index (χ4v) is 2.63. The van der Waals surface area contributed by atoms with E-state index in [9.17, 15) is 4.39 Å². The zero-order chi connectivity index (χ0) is 13.5.